The number of hydroxylamine groups is 1. The van der Waals surface area contributed by atoms with Crippen LogP contribution in [0.15, 0.2) is 54.6 Å². The molecule has 0 heterocycles. The van der Waals surface area contributed by atoms with Crippen molar-refractivity contribution < 1.29 is 9.63 Å². The lowest BCUT2D eigenvalue weighted by Gasteiger charge is -2.19. The van der Waals surface area contributed by atoms with Crippen LogP contribution in [-0.2, 0) is 4.84 Å². The van der Waals surface area contributed by atoms with Gasteiger partial charge in [0.15, 0.2) is 0 Å². The minimum atomic E-state index is -0.352. The highest BCUT2D eigenvalue weighted by atomic mass is 16.7. The van der Waals surface area contributed by atoms with Gasteiger partial charge in [0.1, 0.15) is 0 Å². The molecule has 2 aromatic carbocycles. The second-order valence-corrected chi connectivity index (χ2v) is 3.53. The first-order valence-corrected chi connectivity index (χ1v) is 5.47. The molecule has 0 bridgehead atoms. The number of carbonyl (C=O) groups is 1. The molecule has 1 radical (unpaired) electrons. The van der Waals surface area contributed by atoms with E-state index in [2.05, 4.69) is 11.4 Å². The molecule has 0 fully saturated rings. The molecule has 0 spiro atoms. The number of carbonyl (C=O) groups excluding carboxylic acids is 1. The summed E-state index contributed by atoms with van der Waals surface area (Å²) in [5, 5.41) is 3.92. The Morgan fingerprint density at radius 2 is 1.83 bits per heavy atom. The summed E-state index contributed by atoms with van der Waals surface area (Å²) < 4.78 is 0. The van der Waals surface area contributed by atoms with Crippen LogP contribution in [0.3, 0.4) is 0 Å². The Bertz CT molecular complexity index is 500. The molecule has 0 saturated carbocycles. The third-order valence-corrected chi connectivity index (χ3v) is 2.33. The average molecular weight is 241 g/mol. The summed E-state index contributed by atoms with van der Waals surface area (Å²) in [7, 11) is 1.45. The highest BCUT2D eigenvalue weighted by molar-refractivity contribution is 6.00. The smallest absolute Gasteiger partial charge is 0.306 e. The molecule has 0 unspecified atom stereocenters. The topological polar surface area (TPSA) is 41.6 Å². The van der Waals surface area contributed by atoms with Crippen LogP contribution in [0.25, 0.3) is 0 Å². The number of rotatable bonds is 3. The van der Waals surface area contributed by atoms with E-state index in [4.69, 9.17) is 4.84 Å². The van der Waals surface area contributed by atoms with Gasteiger partial charge < -0.3 is 5.32 Å². The number of hydrogen-bond donors (Lipinski definition) is 1. The predicted molar refractivity (Wildman–Crippen MR) is 70.2 cm³/mol. The fourth-order valence-electron chi connectivity index (χ4n) is 1.51. The van der Waals surface area contributed by atoms with Crippen molar-refractivity contribution >= 4 is 17.4 Å². The Hall–Kier alpha value is -2.33. The molecule has 0 saturated heterocycles. The van der Waals surface area contributed by atoms with Crippen molar-refractivity contribution in [1.29, 1.82) is 0 Å². The number of para-hydroxylation sites is 1. The fraction of sp³-hybridized carbons (Fsp3) is 0.0714. The minimum Gasteiger partial charge on any atom is -0.306 e. The highest BCUT2D eigenvalue weighted by Gasteiger charge is 2.14. The number of nitrogens with one attached hydrogen (secondary N) is 1. The Morgan fingerprint density at radius 3 is 2.44 bits per heavy atom. The van der Waals surface area contributed by atoms with Crippen LogP contribution in [-0.4, -0.2) is 13.1 Å². The molecule has 4 nitrogen and oxygen atoms in total. The molecule has 18 heavy (non-hydrogen) atoms. The standard InChI is InChI=1S/C14H13N2O2/c1-18-16(13-10-6-3-7-11-13)14(17)15-12-8-4-2-5-9-12/h3-11H,1H3,(H,15,17). The summed E-state index contributed by atoms with van der Waals surface area (Å²) in [4.78, 5) is 17.1. The molecule has 2 aromatic rings. The summed E-state index contributed by atoms with van der Waals surface area (Å²) >= 11 is 0. The van der Waals surface area contributed by atoms with E-state index in [9.17, 15) is 4.79 Å². The van der Waals surface area contributed by atoms with E-state index < -0.39 is 0 Å². The van der Waals surface area contributed by atoms with Crippen LogP contribution in [0.4, 0.5) is 16.2 Å². The number of benzene rings is 2. The molecule has 0 aliphatic rings. The van der Waals surface area contributed by atoms with E-state index in [1.807, 2.05) is 18.2 Å². The van der Waals surface area contributed by atoms with E-state index >= 15 is 0 Å². The first-order valence-electron chi connectivity index (χ1n) is 5.47. The zero-order valence-electron chi connectivity index (χ0n) is 9.96. The van der Waals surface area contributed by atoms with Gasteiger partial charge in [0.05, 0.1) is 12.8 Å². The summed E-state index contributed by atoms with van der Waals surface area (Å²) in [6, 6.07) is 18.7. The van der Waals surface area contributed by atoms with Gasteiger partial charge in [-0.25, -0.2) is 4.79 Å². The summed E-state index contributed by atoms with van der Waals surface area (Å²) in [5.74, 6) is 0. The van der Waals surface area contributed by atoms with Crippen LogP contribution in [0.2, 0.25) is 0 Å². The lowest BCUT2D eigenvalue weighted by molar-refractivity contribution is 0.171. The van der Waals surface area contributed by atoms with Crippen LogP contribution < -0.4 is 10.4 Å². The van der Waals surface area contributed by atoms with Crippen molar-refractivity contribution in [2.75, 3.05) is 17.5 Å². The lowest BCUT2D eigenvalue weighted by atomic mass is 10.3. The molecule has 2 amide bonds. The third-order valence-electron chi connectivity index (χ3n) is 2.33. The van der Waals surface area contributed by atoms with Crippen LogP contribution in [0.1, 0.15) is 0 Å². The monoisotopic (exact) mass is 241 g/mol. The molecule has 2 rings (SSSR count). The fourth-order valence-corrected chi connectivity index (χ4v) is 1.51. The molecule has 91 valence electrons. The predicted octanol–water partition coefficient (Wildman–Crippen LogP) is 3.09. The average Bonchev–Trinajstić information content (AvgIpc) is 2.42. The quantitative estimate of drug-likeness (QED) is 0.839. The second-order valence-electron chi connectivity index (χ2n) is 3.53. The molecule has 0 aromatic heterocycles. The van der Waals surface area contributed by atoms with Crippen molar-refractivity contribution in [2.45, 2.75) is 0 Å². The van der Waals surface area contributed by atoms with E-state index in [1.54, 1.807) is 36.4 Å². The lowest BCUT2D eigenvalue weighted by Crippen LogP contribution is -2.33. The van der Waals surface area contributed by atoms with Gasteiger partial charge in [0.2, 0.25) is 0 Å². The largest absolute Gasteiger partial charge is 0.350 e. The van der Waals surface area contributed by atoms with Gasteiger partial charge in [-0.05, 0) is 30.3 Å². The number of nitrogens with zero attached hydrogens (tertiary/aromatic N) is 1. The number of amides is 2. The Morgan fingerprint density at radius 1 is 1.17 bits per heavy atom. The van der Waals surface area contributed by atoms with Gasteiger partial charge in [0, 0.05) is 5.69 Å². The van der Waals surface area contributed by atoms with Crippen molar-refractivity contribution in [3.8, 4) is 0 Å². The molecule has 0 aliphatic heterocycles. The maximum Gasteiger partial charge on any atom is 0.350 e. The molecular formula is C14H13N2O2. The van der Waals surface area contributed by atoms with E-state index in [0.717, 1.165) is 0 Å². The van der Waals surface area contributed by atoms with Gasteiger partial charge in [0.25, 0.3) is 0 Å². The molecule has 1 N–H and O–H groups in total. The summed E-state index contributed by atoms with van der Waals surface area (Å²) in [5.41, 5.74) is 1.36. The molecule has 4 heteroatoms. The first kappa shape index (κ1) is 12.1. The van der Waals surface area contributed by atoms with Crippen molar-refractivity contribution in [1.82, 2.24) is 0 Å². The number of anilines is 2. The van der Waals surface area contributed by atoms with E-state index in [-0.39, 0.29) is 6.03 Å². The van der Waals surface area contributed by atoms with Crippen LogP contribution >= 0.6 is 0 Å². The Labute approximate surface area is 106 Å². The van der Waals surface area contributed by atoms with Gasteiger partial charge in [-0.15, -0.1) is 0 Å². The summed E-state index contributed by atoms with van der Waals surface area (Å²) in [6.07, 6.45) is 0. The van der Waals surface area contributed by atoms with E-state index in [0.29, 0.717) is 11.4 Å². The Balaban J connectivity index is 2.12. The Kier molecular flexibility index (Phi) is 3.94. The second kappa shape index (κ2) is 5.84. The number of hydrogen-bond acceptors (Lipinski definition) is 2. The third kappa shape index (κ3) is 2.87. The zero-order valence-corrected chi connectivity index (χ0v) is 9.96. The molecule has 0 aliphatic carbocycles. The van der Waals surface area contributed by atoms with Crippen LogP contribution in [0.5, 0.6) is 0 Å². The number of urea groups is 1. The normalized spacial score (nSPS) is 9.83. The molecular weight excluding hydrogens is 228 g/mol. The highest BCUT2D eigenvalue weighted by Crippen LogP contribution is 2.15. The van der Waals surface area contributed by atoms with Crippen molar-refractivity contribution in [3.05, 3.63) is 60.7 Å². The van der Waals surface area contributed by atoms with Crippen molar-refractivity contribution in [2.24, 2.45) is 0 Å². The van der Waals surface area contributed by atoms with Gasteiger partial charge >= 0.3 is 6.03 Å². The SMILES string of the molecule is CON(C(=O)Nc1cc[c]cc1)c1ccccc1. The van der Waals surface area contributed by atoms with E-state index in [1.165, 1.54) is 12.2 Å². The minimum absolute atomic E-state index is 0.352. The van der Waals surface area contributed by atoms with Gasteiger partial charge in [-0.2, -0.15) is 5.06 Å². The zero-order chi connectivity index (χ0) is 12.8. The van der Waals surface area contributed by atoms with Gasteiger partial charge in [-0.3, -0.25) is 4.84 Å². The van der Waals surface area contributed by atoms with Crippen LogP contribution in [0, 0.1) is 6.07 Å². The maximum atomic E-state index is 12.0. The summed E-state index contributed by atoms with van der Waals surface area (Å²) in [6.45, 7) is 0. The van der Waals surface area contributed by atoms with Crippen molar-refractivity contribution in [3.63, 3.8) is 0 Å². The molecule has 0 atom stereocenters. The first-order chi connectivity index (χ1) is 8.81. The van der Waals surface area contributed by atoms with Gasteiger partial charge in [-0.1, -0.05) is 30.3 Å². The maximum absolute atomic E-state index is 12.0.